The van der Waals surface area contributed by atoms with Crippen molar-refractivity contribution in [3.05, 3.63) is 65.2 Å². The molecule has 126 valence electrons. The van der Waals surface area contributed by atoms with E-state index in [9.17, 15) is 13.2 Å². The topological polar surface area (TPSA) is 9.23 Å². The van der Waals surface area contributed by atoms with Gasteiger partial charge in [0.1, 0.15) is 5.75 Å². The van der Waals surface area contributed by atoms with Crippen molar-refractivity contribution >= 4 is 0 Å². The van der Waals surface area contributed by atoms with Crippen molar-refractivity contribution in [2.24, 2.45) is 0 Å². The highest BCUT2D eigenvalue weighted by Crippen LogP contribution is 2.22. The third kappa shape index (κ3) is 6.37. The lowest BCUT2D eigenvalue weighted by molar-refractivity contribution is -0.135. The third-order valence-electron chi connectivity index (χ3n) is 3.37. The molecule has 0 saturated carbocycles. The largest absolute Gasteiger partial charge is 0.494 e. The Morgan fingerprint density at radius 3 is 2.33 bits per heavy atom. The van der Waals surface area contributed by atoms with Gasteiger partial charge in [-0.3, -0.25) is 0 Å². The number of hydrogen-bond donors (Lipinski definition) is 0. The fourth-order valence-corrected chi connectivity index (χ4v) is 2.24. The first-order valence-electron chi connectivity index (χ1n) is 7.87. The van der Waals surface area contributed by atoms with Crippen LogP contribution in [-0.4, -0.2) is 12.8 Å². The Kier molecular flexibility index (Phi) is 6.31. The summed E-state index contributed by atoms with van der Waals surface area (Å²) in [6.07, 6.45) is -4.35. The van der Waals surface area contributed by atoms with Crippen LogP contribution in [0.4, 0.5) is 13.2 Å². The van der Waals surface area contributed by atoms with Gasteiger partial charge in [-0.15, -0.1) is 0 Å². The maximum Gasteiger partial charge on any atom is 0.389 e. The number of halogens is 3. The molecule has 0 N–H and O–H groups in total. The number of aryl methyl sites for hydroxylation is 1. The first kappa shape index (κ1) is 17.9. The van der Waals surface area contributed by atoms with E-state index in [1.165, 1.54) is 0 Å². The average Bonchev–Trinajstić information content (AvgIpc) is 2.54. The summed E-state index contributed by atoms with van der Waals surface area (Å²) in [5.74, 6) is 6.90. The molecule has 0 unspecified atom stereocenters. The van der Waals surface area contributed by atoms with Gasteiger partial charge in [-0.05, 0) is 61.7 Å². The normalized spacial score (nSPS) is 10.8. The molecule has 0 fully saturated rings. The summed E-state index contributed by atoms with van der Waals surface area (Å²) in [4.78, 5) is 0. The molecule has 0 saturated heterocycles. The van der Waals surface area contributed by atoms with Gasteiger partial charge in [-0.1, -0.05) is 24.0 Å². The standard InChI is InChI=1S/C20H19F3O/c1-2-24-19-12-10-16(11-13-19)8-9-18-6-3-5-17(15-18)7-4-14-20(21,22)23/h3,5-6,10-13,15H,2,4,7,14H2,1H3. The quantitative estimate of drug-likeness (QED) is 0.669. The van der Waals surface area contributed by atoms with Gasteiger partial charge in [0.05, 0.1) is 6.61 Å². The van der Waals surface area contributed by atoms with Crippen molar-refractivity contribution in [2.75, 3.05) is 6.61 Å². The van der Waals surface area contributed by atoms with Gasteiger partial charge in [0.25, 0.3) is 0 Å². The van der Waals surface area contributed by atoms with Crippen LogP contribution in [-0.2, 0) is 6.42 Å². The molecule has 0 aliphatic rings. The SMILES string of the molecule is CCOc1ccc(C#Cc2cccc(CCCC(F)(F)F)c2)cc1. The fraction of sp³-hybridized carbons (Fsp3) is 0.300. The van der Waals surface area contributed by atoms with Crippen LogP contribution in [0.5, 0.6) is 5.75 Å². The zero-order chi connectivity index (χ0) is 17.4. The molecular weight excluding hydrogens is 313 g/mol. The van der Waals surface area contributed by atoms with Crippen LogP contribution in [0.3, 0.4) is 0 Å². The van der Waals surface area contributed by atoms with E-state index in [2.05, 4.69) is 11.8 Å². The van der Waals surface area contributed by atoms with E-state index in [0.29, 0.717) is 13.0 Å². The highest BCUT2D eigenvalue weighted by Gasteiger charge is 2.25. The van der Waals surface area contributed by atoms with E-state index in [1.807, 2.05) is 55.5 Å². The summed E-state index contributed by atoms with van der Waals surface area (Å²) >= 11 is 0. The van der Waals surface area contributed by atoms with Crippen molar-refractivity contribution in [3.8, 4) is 17.6 Å². The monoisotopic (exact) mass is 332 g/mol. The first-order valence-corrected chi connectivity index (χ1v) is 7.87. The average molecular weight is 332 g/mol. The zero-order valence-electron chi connectivity index (χ0n) is 13.5. The summed E-state index contributed by atoms with van der Waals surface area (Å²) in [6, 6.07) is 14.8. The van der Waals surface area contributed by atoms with Gasteiger partial charge < -0.3 is 4.74 Å². The molecule has 0 bridgehead atoms. The van der Waals surface area contributed by atoms with E-state index < -0.39 is 12.6 Å². The van der Waals surface area contributed by atoms with Crippen LogP contribution < -0.4 is 4.74 Å². The molecule has 2 aromatic carbocycles. The fourth-order valence-electron chi connectivity index (χ4n) is 2.24. The highest BCUT2D eigenvalue weighted by molar-refractivity contribution is 5.45. The molecule has 2 rings (SSSR count). The Morgan fingerprint density at radius 2 is 1.67 bits per heavy atom. The van der Waals surface area contributed by atoms with E-state index in [-0.39, 0.29) is 6.42 Å². The Morgan fingerprint density at radius 1 is 0.958 bits per heavy atom. The second-order valence-electron chi connectivity index (χ2n) is 5.38. The molecule has 0 radical (unpaired) electrons. The maximum atomic E-state index is 12.2. The summed E-state index contributed by atoms with van der Waals surface area (Å²) in [7, 11) is 0. The second-order valence-corrected chi connectivity index (χ2v) is 5.38. The molecule has 0 amide bonds. The minimum Gasteiger partial charge on any atom is -0.494 e. The van der Waals surface area contributed by atoms with Crippen LogP contribution >= 0.6 is 0 Å². The van der Waals surface area contributed by atoms with Crippen LogP contribution in [0, 0.1) is 11.8 Å². The predicted octanol–water partition coefficient (Wildman–Crippen LogP) is 5.37. The third-order valence-corrected chi connectivity index (χ3v) is 3.37. The van der Waals surface area contributed by atoms with Crippen molar-refractivity contribution in [2.45, 2.75) is 32.4 Å². The van der Waals surface area contributed by atoms with Gasteiger partial charge in [-0.25, -0.2) is 0 Å². The van der Waals surface area contributed by atoms with Crippen molar-refractivity contribution < 1.29 is 17.9 Å². The van der Waals surface area contributed by atoms with Crippen molar-refractivity contribution in [3.63, 3.8) is 0 Å². The molecule has 1 nitrogen and oxygen atoms in total. The van der Waals surface area contributed by atoms with Crippen molar-refractivity contribution in [1.82, 2.24) is 0 Å². The Bertz CT molecular complexity index is 706. The lowest BCUT2D eigenvalue weighted by Gasteiger charge is -2.06. The first-order chi connectivity index (χ1) is 11.5. The van der Waals surface area contributed by atoms with Gasteiger partial charge in [0, 0.05) is 17.5 Å². The number of ether oxygens (including phenoxy) is 1. The Labute approximate surface area is 140 Å². The molecule has 0 aliphatic carbocycles. The zero-order valence-corrected chi connectivity index (χ0v) is 13.5. The Balaban J connectivity index is 1.99. The number of rotatable bonds is 5. The molecule has 24 heavy (non-hydrogen) atoms. The molecule has 0 atom stereocenters. The van der Waals surface area contributed by atoms with Crippen LogP contribution in [0.15, 0.2) is 48.5 Å². The molecule has 0 aliphatic heterocycles. The lowest BCUT2D eigenvalue weighted by Crippen LogP contribution is -2.07. The molecule has 0 spiro atoms. The molecule has 4 heteroatoms. The maximum absolute atomic E-state index is 12.2. The van der Waals surface area contributed by atoms with Gasteiger partial charge in [-0.2, -0.15) is 13.2 Å². The molecular formula is C20H19F3O. The van der Waals surface area contributed by atoms with E-state index in [1.54, 1.807) is 0 Å². The number of hydrogen-bond acceptors (Lipinski definition) is 1. The van der Waals surface area contributed by atoms with Gasteiger partial charge in [0.2, 0.25) is 0 Å². The summed E-state index contributed by atoms with van der Waals surface area (Å²) in [5, 5.41) is 0. The summed E-state index contributed by atoms with van der Waals surface area (Å²) in [6.45, 7) is 2.54. The van der Waals surface area contributed by atoms with Gasteiger partial charge >= 0.3 is 6.18 Å². The number of benzene rings is 2. The number of alkyl halides is 3. The Hall–Kier alpha value is -2.41. The van der Waals surface area contributed by atoms with E-state index in [4.69, 9.17) is 4.74 Å². The summed E-state index contributed by atoms with van der Waals surface area (Å²) in [5.41, 5.74) is 2.53. The smallest absolute Gasteiger partial charge is 0.389 e. The van der Waals surface area contributed by atoms with Crippen molar-refractivity contribution in [1.29, 1.82) is 0 Å². The highest BCUT2D eigenvalue weighted by atomic mass is 19.4. The second kappa shape index (κ2) is 8.44. The molecule has 0 heterocycles. The predicted molar refractivity (Wildman–Crippen MR) is 89.0 cm³/mol. The van der Waals surface area contributed by atoms with E-state index >= 15 is 0 Å². The molecule has 2 aromatic rings. The summed E-state index contributed by atoms with van der Waals surface area (Å²) < 4.78 is 41.9. The van der Waals surface area contributed by atoms with Gasteiger partial charge in [0.15, 0.2) is 0 Å². The van der Waals surface area contributed by atoms with Crippen LogP contribution in [0.2, 0.25) is 0 Å². The van der Waals surface area contributed by atoms with Crippen LogP contribution in [0.1, 0.15) is 36.5 Å². The van der Waals surface area contributed by atoms with E-state index in [0.717, 1.165) is 22.4 Å². The minimum absolute atomic E-state index is 0.0965. The molecule has 0 aromatic heterocycles. The lowest BCUT2D eigenvalue weighted by atomic mass is 10.0. The van der Waals surface area contributed by atoms with Crippen LogP contribution in [0.25, 0.3) is 0 Å². The minimum atomic E-state index is -4.09.